The summed E-state index contributed by atoms with van der Waals surface area (Å²) in [6, 6.07) is 32.5. The van der Waals surface area contributed by atoms with Gasteiger partial charge >= 0.3 is 0 Å². The second kappa shape index (κ2) is 15.0. The first-order valence-corrected chi connectivity index (χ1v) is 14.4. The number of aryl methyl sites for hydroxylation is 1. The predicted molar refractivity (Wildman–Crippen MR) is 166 cm³/mol. The lowest BCUT2D eigenvalue weighted by Crippen LogP contribution is -2.47. The van der Waals surface area contributed by atoms with E-state index in [1.165, 1.54) is 34.4 Å². The minimum atomic E-state index is -0.670. The second-order valence-corrected chi connectivity index (χ2v) is 10.9. The molecule has 6 nitrogen and oxygen atoms in total. The number of hydrogen-bond donors (Lipinski definition) is 4. The number of likely N-dealkylation sites (N-methyl/N-ethyl adjacent to an activating group) is 1. The Morgan fingerprint density at radius 2 is 1.41 bits per heavy atom. The third-order valence-electron chi connectivity index (χ3n) is 7.34. The summed E-state index contributed by atoms with van der Waals surface area (Å²) in [5.74, 6) is -0.395. The van der Waals surface area contributed by atoms with Crippen molar-refractivity contribution >= 4 is 11.6 Å². The number of phenols is 2. The van der Waals surface area contributed by atoms with Crippen molar-refractivity contribution in [2.24, 2.45) is 0 Å². The van der Waals surface area contributed by atoms with Crippen molar-refractivity contribution in [2.45, 2.75) is 25.6 Å². The van der Waals surface area contributed by atoms with Crippen molar-refractivity contribution in [3.63, 3.8) is 0 Å². The molecule has 1 saturated heterocycles. The Hall–Kier alpha value is -3.39. The van der Waals surface area contributed by atoms with E-state index in [4.69, 9.17) is 21.8 Å². The van der Waals surface area contributed by atoms with Gasteiger partial charge in [-0.05, 0) is 60.5 Å². The van der Waals surface area contributed by atoms with Gasteiger partial charge in [0.2, 0.25) is 0 Å². The molecule has 41 heavy (non-hydrogen) atoms. The molecule has 1 aliphatic heterocycles. The van der Waals surface area contributed by atoms with Gasteiger partial charge < -0.3 is 20.6 Å². The minimum Gasteiger partial charge on any atom is -0.504 e. The fourth-order valence-electron chi connectivity index (χ4n) is 5.20. The lowest BCUT2D eigenvalue weighted by atomic mass is 9.96. The fraction of sp³-hybridized carbons (Fsp3) is 0.294. The molecule has 0 spiro atoms. The van der Waals surface area contributed by atoms with Crippen molar-refractivity contribution in [3.05, 3.63) is 130 Å². The molecule has 0 saturated carbocycles. The van der Waals surface area contributed by atoms with Crippen LogP contribution in [-0.2, 0) is 6.54 Å². The van der Waals surface area contributed by atoms with E-state index in [9.17, 15) is 5.11 Å². The molecule has 0 radical (unpaired) electrons. The number of aliphatic hydroxyl groups is 1. The molecule has 216 valence electrons. The molecule has 0 aliphatic carbocycles. The topological polar surface area (TPSA) is 79.2 Å². The molecule has 0 amide bonds. The van der Waals surface area contributed by atoms with Crippen LogP contribution in [0.4, 0.5) is 0 Å². The highest BCUT2D eigenvalue weighted by molar-refractivity contribution is 6.30. The van der Waals surface area contributed by atoms with Gasteiger partial charge in [-0.2, -0.15) is 0 Å². The zero-order valence-corrected chi connectivity index (χ0v) is 24.5. The molecule has 4 aromatic carbocycles. The van der Waals surface area contributed by atoms with Crippen LogP contribution < -0.4 is 5.32 Å². The number of benzene rings is 4. The number of rotatable bonds is 8. The van der Waals surface area contributed by atoms with E-state index in [1.54, 1.807) is 13.1 Å². The fourth-order valence-corrected chi connectivity index (χ4v) is 5.33. The summed E-state index contributed by atoms with van der Waals surface area (Å²) in [5.41, 5.74) is 5.97. The van der Waals surface area contributed by atoms with Gasteiger partial charge in [-0.3, -0.25) is 9.80 Å². The molecular formula is C34H40ClN3O3. The van der Waals surface area contributed by atoms with Crippen LogP contribution in [-0.4, -0.2) is 64.9 Å². The number of hydrogen-bond acceptors (Lipinski definition) is 6. The number of phenolic OH excluding ortho intramolecular Hbond substituents is 2. The molecule has 2 atom stereocenters. The summed E-state index contributed by atoms with van der Waals surface area (Å²) in [6.45, 7) is 7.91. The molecule has 1 heterocycles. The van der Waals surface area contributed by atoms with E-state index in [2.05, 4.69) is 88.8 Å². The zero-order chi connectivity index (χ0) is 29.2. The number of aliphatic hydroxyl groups excluding tert-OH is 1. The molecule has 1 unspecified atom stereocenters. The Balaban J connectivity index is 0.000000251. The average Bonchev–Trinajstić information content (AvgIpc) is 2.98. The molecule has 4 aromatic rings. The summed E-state index contributed by atoms with van der Waals surface area (Å²) in [7, 11) is 1.73. The summed E-state index contributed by atoms with van der Waals surface area (Å²) in [5, 5.41) is 31.2. The van der Waals surface area contributed by atoms with Crippen molar-refractivity contribution in [3.8, 4) is 11.5 Å². The molecule has 4 N–H and O–H groups in total. The van der Waals surface area contributed by atoms with Crippen LogP contribution in [0, 0.1) is 6.92 Å². The van der Waals surface area contributed by atoms with Gasteiger partial charge in [0.05, 0.1) is 12.1 Å². The number of nitrogens with zero attached hydrogens (tertiary/aromatic N) is 2. The molecule has 5 rings (SSSR count). The quantitative estimate of drug-likeness (QED) is 0.196. The SMILES string of the molecule is CNC[C@H](O)c1ccc(O)c(O)c1.Cc1cccc(CN2CCN(C(c3ccccc3)c3ccc(Cl)cc3)CC2)c1. The summed E-state index contributed by atoms with van der Waals surface area (Å²) in [6.07, 6.45) is -0.670. The summed E-state index contributed by atoms with van der Waals surface area (Å²) in [4.78, 5) is 5.17. The van der Waals surface area contributed by atoms with Gasteiger partial charge in [0.15, 0.2) is 11.5 Å². The molecule has 0 aromatic heterocycles. The maximum Gasteiger partial charge on any atom is 0.157 e. The first-order chi connectivity index (χ1) is 19.8. The first-order valence-electron chi connectivity index (χ1n) is 14.0. The highest BCUT2D eigenvalue weighted by Crippen LogP contribution is 2.31. The largest absolute Gasteiger partial charge is 0.504 e. The second-order valence-electron chi connectivity index (χ2n) is 10.5. The molecule has 1 aliphatic rings. The molecule has 1 fully saturated rings. The summed E-state index contributed by atoms with van der Waals surface area (Å²) < 4.78 is 0. The third-order valence-corrected chi connectivity index (χ3v) is 7.60. The van der Waals surface area contributed by atoms with Crippen LogP contribution in [0.15, 0.2) is 97.1 Å². The third kappa shape index (κ3) is 8.80. The standard InChI is InChI=1S/C25H27ClN2.C9H13NO3/c1-20-6-5-7-21(18-20)19-27-14-16-28(17-15-27)25(22-8-3-2-4-9-22)23-10-12-24(26)13-11-23;1-10-5-9(13)6-2-3-7(11)8(12)4-6/h2-13,18,25H,14-17,19H2,1H3;2-4,9-13H,5H2,1H3/t;9-/m.0/s1. The van der Waals surface area contributed by atoms with E-state index >= 15 is 0 Å². The number of aromatic hydroxyl groups is 2. The normalized spacial score (nSPS) is 15.5. The lowest BCUT2D eigenvalue weighted by Gasteiger charge is -2.40. The molecular weight excluding hydrogens is 534 g/mol. The maximum absolute atomic E-state index is 9.48. The average molecular weight is 574 g/mol. The Bertz CT molecular complexity index is 1360. The number of piperazine rings is 1. The van der Waals surface area contributed by atoms with Gasteiger partial charge in [-0.1, -0.05) is 90.0 Å². The van der Waals surface area contributed by atoms with Crippen LogP contribution in [0.2, 0.25) is 5.02 Å². The number of halogens is 1. The predicted octanol–water partition coefficient (Wildman–Crippen LogP) is 5.91. The lowest BCUT2D eigenvalue weighted by molar-refractivity contribution is 0.105. The Labute approximate surface area is 248 Å². The van der Waals surface area contributed by atoms with Gasteiger partial charge in [0, 0.05) is 44.3 Å². The van der Waals surface area contributed by atoms with Gasteiger partial charge in [-0.25, -0.2) is 0 Å². The maximum atomic E-state index is 9.48. The Morgan fingerprint density at radius 3 is 2.05 bits per heavy atom. The van der Waals surface area contributed by atoms with Crippen molar-refractivity contribution < 1.29 is 15.3 Å². The zero-order valence-electron chi connectivity index (χ0n) is 23.7. The molecule has 7 heteroatoms. The van der Waals surface area contributed by atoms with E-state index in [0.717, 1.165) is 37.7 Å². The van der Waals surface area contributed by atoms with Crippen LogP contribution >= 0.6 is 11.6 Å². The molecule has 0 bridgehead atoms. The Morgan fingerprint density at radius 1 is 0.756 bits per heavy atom. The van der Waals surface area contributed by atoms with E-state index in [0.29, 0.717) is 12.1 Å². The Kier molecular flexibility index (Phi) is 11.2. The van der Waals surface area contributed by atoms with Crippen molar-refractivity contribution in [1.29, 1.82) is 0 Å². The van der Waals surface area contributed by atoms with Crippen molar-refractivity contribution in [1.82, 2.24) is 15.1 Å². The summed E-state index contributed by atoms with van der Waals surface area (Å²) >= 11 is 6.14. The van der Waals surface area contributed by atoms with E-state index in [-0.39, 0.29) is 17.5 Å². The monoisotopic (exact) mass is 573 g/mol. The van der Waals surface area contributed by atoms with E-state index in [1.807, 2.05) is 12.1 Å². The van der Waals surface area contributed by atoms with Crippen LogP contribution in [0.1, 0.15) is 40.0 Å². The highest BCUT2D eigenvalue weighted by atomic mass is 35.5. The minimum absolute atomic E-state index is 0.180. The van der Waals surface area contributed by atoms with Crippen LogP contribution in [0.3, 0.4) is 0 Å². The smallest absolute Gasteiger partial charge is 0.157 e. The van der Waals surface area contributed by atoms with Gasteiger partial charge in [0.1, 0.15) is 0 Å². The van der Waals surface area contributed by atoms with Crippen LogP contribution in [0.5, 0.6) is 11.5 Å². The highest BCUT2D eigenvalue weighted by Gasteiger charge is 2.26. The van der Waals surface area contributed by atoms with Crippen LogP contribution in [0.25, 0.3) is 0 Å². The van der Waals surface area contributed by atoms with Gasteiger partial charge in [-0.15, -0.1) is 0 Å². The van der Waals surface area contributed by atoms with Crippen molar-refractivity contribution in [2.75, 3.05) is 39.8 Å². The van der Waals surface area contributed by atoms with Gasteiger partial charge in [0.25, 0.3) is 0 Å². The first kappa shape index (κ1) is 30.6. The number of nitrogens with one attached hydrogen (secondary N) is 1. The van der Waals surface area contributed by atoms with E-state index < -0.39 is 6.10 Å².